The zero-order chi connectivity index (χ0) is 101. The Bertz CT molecular complexity index is 5030. The summed E-state index contributed by atoms with van der Waals surface area (Å²) in [5.74, 6) is 20.9. The summed E-state index contributed by atoms with van der Waals surface area (Å²) in [6.07, 6.45) is 34.1. The van der Waals surface area contributed by atoms with E-state index in [0.29, 0.717) is 151 Å². The van der Waals surface area contributed by atoms with Gasteiger partial charge in [-0.3, -0.25) is 0 Å². The highest BCUT2D eigenvalue weighted by atomic mass is 79.9. The third-order valence-corrected chi connectivity index (χ3v) is 36.5. The van der Waals surface area contributed by atoms with E-state index in [1.807, 2.05) is 48.5 Å². The van der Waals surface area contributed by atoms with Crippen LogP contribution in [0.25, 0.3) is 0 Å². The highest BCUT2D eigenvalue weighted by molar-refractivity contribution is 9.11. The molecule has 12 fully saturated rings. The van der Waals surface area contributed by atoms with E-state index in [4.69, 9.17) is 0 Å². The first-order valence-corrected chi connectivity index (χ1v) is 56.7. The molecule has 12 aliphatic rings. The average molecular weight is 2030 g/mol. The van der Waals surface area contributed by atoms with Crippen molar-refractivity contribution in [3.63, 3.8) is 0 Å². The van der Waals surface area contributed by atoms with Gasteiger partial charge in [0.05, 0.1) is 14.5 Å². The maximum absolute atomic E-state index is 10.5. The molecule has 10 nitrogen and oxygen atoms in total. The normalized spacial score (nSPS) is 20.4. The van der Waals surface area contributed by atoms with E-state index in [0.717, 1.165) is 132 Å². The zero-order valence-electron chi connectivity index (χ0n) is 88.8. The Balaban J connectivity index is 0.000000133. The molecule has 0 heterocycles. The van der Waals surface area contributed by atoms with Crippen LogP contribution in [0.4, 0.5) is 0 Å². The molecule has 21 rings (SSSR count). The second-order valence-corrected chi connectivity index (χ2v) is 48.7. The van der Waals surface area contributed by atoms with Gasteiger partial charge in [0.1, 0.15) is 51.7 Å². The summed E-state index contributed by atoms with van der Waals surface area (Å²) < 4.78 is 1.44. The van der Waals surface area contributed by atoms with Gasteiger partial charge in [0, 0.05) is 5.56 Å². The van der Waals surface area contributed by atoms with Crippen LogP contribution in [0.5, 0.6) is 51.7 Å². The largest absolute Gasteiger partial charge is 0.507 e. The van der Waals surface area contributed by atoms with Crippen molar-refractivity contribution in [1.82, 2.24) is 0 Å². The molecule has 9 aromatic rings. The van der Waals surface area contributed by atoms with E-state index in [2.05, 4.69) is 267 Å². The Morgan fingerprint density at radius 2 is 0.336 bits per heavy atom. The van der Waals surface area contributed by atoms with Crippen molar-refractivity contribution in [3.05, 3.63) is 262 Å². The van der Waals surface area contributed by atoms with E-state index in [9.17, 15) is 51.1 Å². The summed E-state index contributed by atoms with van der Waals surface area (Å²) in [7, 11) is 0. The molecule has 0 spiro atoms. The summed E-state index contributed by atoms with van der Waals surface area (Å²) >= 11 is 6.58. The quantitative estimate of drug-likeness (QED) is 0.0225. The van der Waals surface area contributed by atoms with Crippen molar-refractivity contribution in [2.75, 3.05) is 0 Å². The van der Waals surface area contributed by atoms with Crippen molar-refractivity contribution < 1.29 is 51.1 Å². The molecule has 762 valence electrons. The molecule has 12 saturated carbocycles. The number of aromatic hydroxyl groups is 9. The lowest BCUT2D eigenvalue weighted by Gasteiger charge is -2.32. The Hall–Kier alpha value is -7.90. The van der Waals surface area contributed by atoms with Gasteiger partial charge in [0.15, 0.2) is 0 Å². The monoisotopic (exact) mass is 2030 g/mol. The lowest BCUT2D eigenvalue weighted by molar-refractivity contribution is 0.0307. The molecule has 0 radical (unpaired) electrons. The van der Waals surface area contributed by atoms with Crippen molar-refractivity contribution in [2.45, 2.75) is 400 Å². The molecule has 12 atom stereocenters. The maximum atomic E-state index is 10.5. The van der Waals surface area contributed by atoms with Crippen LogP contribution in [0.15, 0.2) is 173 Å². The molecular weight excluding hydrogens is 1860 g/mol. The highest BCUT2D eigenvalue weighted by Gasteiger charge is 2.44. The molecule has 0 bridgehead atoms. The Morgan fingerprint density at radius 3 is 0.493 bits per heavy atom. The Labute approximate surface area is 861 Å². The van der Waals surface area contributed by atoms with Crippen LogP contribution in [-0.4, -0.2) is 51.1 Å². The van der Waals surface area contributed by atoms with Gasteiger partial charge in [-0.25, -0.2) is 0 Å². The third kappa shape index (κ3) is 28.4. The molecule has 12 aliphatic carbocycles. The fraction of sp³-hybridized carbons (Fsp3) is 0.578. The second kappa shape index (κ2) is 48.9. The van der Waals surface area contributed by atoms with Gasteiger partial charge in [-0.1, -0.05) is 296 Å². The van der Waals surface area contributed by atoms with E-state index >= 15 is 0 Å². The molecule has 0 aromatic heterocycles. The fourth-order valence-corrected chi connectivity index (χ4v) is 23.1. The first-order valence-electron chi connectivity index (χ1n) is 55.1. The predicted molar refractivity (Wildman–Crippen MR) is 589 cm³/mol. The van der Waals surface area contributed by atoms with Gasteiger partial charge in [-0.2, -0.15) is 0 Å². The van der Waals surface area contributed by atoms with Crippen LogP contribution in [0.3, 0.4) is 0 Å². The number of hydrogen-bond acceptors (Lipinski definition) is 10. The number of rotatable bonds is 28. The SMILES string of the molecule is CC(C)c1cccc([C@@H](C)C2CC2)c1O.CC(C)c1cccc([C@@H](C)C2CCC2)c1O.CC(C)c1cccc([C@H](C)C2CC2)c1O.CC(C)c1cccc([C@H](C)C2CCC2)c1O.CC(O)(c1cccc(Br)c1O)C1CC1.CC(c1cccc(Br)c1O)C1CC1.C[C@@H](c1cccc([C@H](C)C2CC2)c1O)C1CC1.C[C@H](c1cccc([C@@H](C)C2CC2)c1O)C1CC1.C[C@H](c1cccc([C@H](C)C2CC2)c1O)C1CC1. The number of halogens is 2. The summed E-state index contributed by atoms with van der Waals surface area (Å²) in [5.41, 5.74) is 16.8. The van der Waals surface area contributed by atoms with Crippen LogP contribution < -0.4 is 0 Å². The van der Waals surface area contributed by atoms with Gasteiger partial charge in [0.2, 0.25) is 0 Å². The van der Waals surface area contributed by atoms with E-state index in [1.54, 1.807) is 19.1 Å². The van der Waals surface area contributed by atoms with Crippen LogP contribution in [0.1, 0.15) is 483 Å². The summed E-state index contributed by atoms with van der Waals surface area (Å²) in [6.45, 7) is 43.5. The van der Waals surface area contributed by atoms with Gasteiger partial charge in [-0.05, 0) is 448 Å². The van der Waals surface area contributed by atoms with Gasteiger partial charge >= 0.3 is 0 Å². The molecular formula is C128H176Br2O10. The Morgan fingerprint density at radius 1 is 0.193 bits per heavy atom. The maximum Gasteiger partial charge on any atom is 0.135 e. The van der Waals surface area contributed by atoms with Crippen molar-refractivity contribution in [1.29, 1.82) is 0 Å². The minimum atomic E-state index is -0.895. The lowest BCUT2D eigenvalue weighted by Crippen LogP contribution is -2.23. The summed E-state index contributed by atoms with van der Waals surface area (Å²) in [6, 6.07) is 55.1. The topological polar surface area (TPSA) is 202 Å². The molecule has 0 amide bonds. The molecule has 0 aliphatic heterocycles. The number of hydrogen-bond donors (Lipinski definition) is 10. The van der Waals surface area contributed by atoms with Crippen LogP contribution in [0, 0.1) is 71.0 Å². The molecule has 9 aromatic carbocycles. The number of para-hydroxylation sites is 9. The molecule has 12 heteroatoms. The van der Waals surface area contributed by atoms with E-state index in [-0.39, 0.29) is 5.75 Å². The highest BCUT2D eigenvalue weighted by Crippen LogP contribution is 2.57. The van der Waals surface area contributed by atoms with Crippen LogP contribution >= 0.6 is 31.9 Å². The molecule has 2 unspecified atom stereocenters. The first kappa shape index (κ1) is 109. The lowest BCUT2D eigenvalue weighted by atomic mass is 9.73. The molecule has 140 heavy (non-hydrogen) atoms. The molecule has 10 N–H and O–H groups in total. The van der Waals surface area contributed by atoms with Crippen LogP contribution in [0.2, 0.25) is 0 Å². The number of phenolic OH excluding ortho intramolecular Hbond substituents is 9. The number of benzene rings is 9. The van der Waals surface area contributed by atoms with Crippen LogP contribution in [-0.2, 0) is 5.60 Å². The number of phenols is 9. The first-order chi connectivity index (χ1) is 66.7. The minimum absolute atomic E-state index is 0.157. The number of aliphatic hydroxyl groups is 1. The Kier molecular flexibility index (Phi) is 38.2. The van der Waals surface area contributed by atoms with Gasteiger partial charge < -0.3 is 51.1 Å². The minimum Gasteiger partial charge on any atom is -0.507 e. The van der Waals surface area contributed by atoms with Crippen molar-refractivity contribution in [2.24, 2.45) is 71.0 Å². The van der Waals surface area contributed by atoms with Crippen molar-refractivity contribution >= 4 is 31.9 Å². The predicted octanol–water partition coefficient (Wildman–Crippen LogP) is 36.6. The molecule has 0 saturated heterocycles. The average Bonchev–Trinajstić information content (AvgIpc) is 1.79. The summed E-state index contributed by atoms with van der Waals surface area (Å²) in [5, 5.41) is 102. The van der Waals surface area contributed by atoms with Gasteiger partial charge in [0.25, 0.3) is 0 Å². The third-order valence-electron chi connectivity index (χ3n) is 35.2. The fourth-order valence-electron chi connectivity index (χ4n) is 22.3. The smallest absolute Gasteiger partial charge is 0.135 e. The van der Waals surface area contributed by atoms with E-state index < -0.39 is 5.60 Å². The van der Waals surface area contributed by atoms with E-state index in [1.165, 1.54) is 187 Å². The standard InChI is InChI=1S/3C16H22O.2C15H22O.2C14H20O.C11H13BrO2.C11H13BrO/c3*1-10(12-6-7-12)14-4-3-5-15(16(14)17)11(2)13-8-9-13;2*1-10(2)13-8-5-9-14(15(13)16)11(3)12-6-4-7-12;2*1-9(2)12-5-4-6-13(14(12)15)10(3)11-7-8-11;1-11(14,7-5-6-7)8-3-2-4-9(12)10(8)13;1-7(8-5-6-8)9-3-2-4-10(12)11(9)13/h3*3-5,10-13,17H,6-9H2,1-2H3;2*5,8-12,16H,4,6-7H2,1-3H3;2*4-6,9-11,15H,7-8H2,1-3H3;2-4,7,13-14H,5-6H2,1H3;2-4,7-8,13H,5-6H2,1H3/t10-,11+;2*10-,11-;2*11-;2*10-;;/m.101010../s1. The summed E-state index contributed by atoms with van der Waals surface area (Å²) in [4.78, 5) is 0. The van der Waals surface area contributed by atoms with Crippen molar-refractivity contribution in [3.8, 4) is 51.7 Å². The van der Waals surface area contributed by atoms with Gasteiger partial charge in [-0.15, -0.1) is 0 Å². The zero-order valence-corrected chi connectivity index (χ0v) is 92.0. The second-order valence-electron chi connectivity index (χ2n) is 46.9.